The number of halogens is 1. The number of nitrogens with one attached hydrogen (secondary N) is 2. The van der Waals surface area contributed by atoms with Crippen LogP contribution in [0, 0.1) is 0 Å². The summed E-state index contributed by atoms with van der Waals surface area (Å²) in [5, 5.41) is 7.12. The van der Waals surface area contributed by atoms with E-state index >= 15 is 0 Å². The van der Waals surface area contributed by atoms with Crippen molar-refractivity contribution in [1.82, 2.24) is 10.6 Å². The largest absolute Gasteiger partial charge is 0.469 e. The summed E-state index contributed by atoms with van der Waals surface area (Å²) in [6.07, 6.45) is 2.57. The normalized spacial score (nSPS) is 15.9. The molecule has 0 atom stereocenters. The van der Waals surface area contributed by atoms with Gasteiger partial charge in [-0.2, -0.15) is 0 Å². The van der Waals surface area contributed by atoms with E-state index < -0.39 is 0 Å². The van der Waals surface area contributed by atoms with Crippen molar-refractivity contribution in [3.63, 3.8) is 0 Å². The van der Waals surface area contributed by atoms with E-state index in [1.54, 1.807) is 0 Å². The highest BCUT2D eigenvalue weighted by Gasteiger charge is 2.44. The van der Waals surface area contributed by atoms with Gasteiger partial charge in [0.2, 0.25) is 0 Å². The fourth-order valence-electron chi connectivity index (χ4n) is 2.46. The maximum absolute atomic E-state index is 11.2. The molecule has 1 aromatic carbocycles. The number of carbonyl (C=O) groups excluding carboxylic acids is 1. The van der Waals surface area contributed by atoms with E-state index in [1.807, 2.05) is 25.1 Å². The van der Waals surface area contributed by atoms with Crippen molar-refractivity contribution in [2.24, 2.45) is 4.99 Å². The predicted octanol–water partition coefficient (Wildman–Crippen LogP) is 2.49. The highest BCUT2D eigenvalue weighted by Crippen LogP contribution is 2.48. The van der Waals surface area contributed by atoms with Crippen LogP contribution in [0.2, 0.25) is 5.02 Å². The van der Waals surface area contributed by atoms with Crippen LogP contribution in [0.15, 0.2) is 29.3 Å². The summed E-state index contributed by atoms with van der Waals surface area (Å²) in [6, 6.07) is 8.03. The summed E-state index contributed by atoms with van der Waals surface area (Å²) >= 11 is 6.10. The van der Waals surface area contributed by atoms with Crippen LogP contribution in [0.25, 0.3) is 0 Å². The number of hydrogen-bond acceptors (Lipinski definition) is 3. The topological polar surface area (TPSA) is 62.7 Å². The molecule has 1 fully saturated rings. The molecule has 1 saturated carbocycles. The lowest BCUT2D eigenvalue weighted by molar-refractivity contribution is -0.140. The molecular formula is C17H24ClN3O2. The number of nitrogens with zero attached hydrogens (tertiary/aromatic N) is 1. The summed E-state index contributed by atoms with van der Waals surface area (Å²) in [5.74, 6) is 0.496. The van der Waals surface area contributed by atoms with Crippen molar-refractivity contribution in [3.8, 4) is 0 Å². The molecule has 1 aliphatic rings. The molecule has 0 spiro atoms. The molecule has 2 N–H and O–H groups in total. The van der Waals surface area contributed by atoms with Gasteiger partial charge >= 0.3 is 5.97 Å². The Morgan fingerprint density at radius 3 is 2.78 bits per heavy atom. The standard InChI is InChI=1S/C17H24ClN3O2/c1-3-19-16(20-10-7-15(22)23-2)21-12-17(8-9-17)13-5-4-6-14(18)11-13/h4-6,11H,3,7-10,12H2,1-2H3,(H2,19,20,21). The van der Waals surface area contributed by atoms with Crippen LogP contribution in [0.1, 0.15) is 31.7 Å². The first-order chi connectivity index (χ1) is 11.1. The van der Waals surface area contributed by atoms with Gasteiger partial charge in [-0.05, 0) is 37.5 Å². The number of aliphatic imine (C=N–C) groups is 1. The van der Waals surface area contributed by atoms with Crippen LogP contribution in [-0.4, -0.2) is 38.7 Å². The number of methoxy groups -OCH3 is 1. The molecule has 0 amide bonds. The van der Waals surface area contributed by atoms with E-state index in [2.05, 4.69) is 26.4 Å². The molecule has 6 heteroatoms. The van der Waals surface area contributed by atoms with Crippen LogP contribution < -0.4 is 10.6 Å². The third kappa shape index (κ3) is 5.13. The first-order valence-electron chi connectivity index (χ1n) is 7.95. The van der Waals surface area contributed by atoms with Crippen molar-refractivity contribution in [3.05, 3.63) is 34.9 Å². The second kappa shape index (κ2) is 8.20. The number of esters is 1. The van der Waals surface area contributed by atoms with Gasteiger partial charge in [-0.1, -0.05) is 23.7 Å². The van der Waals surface area contributed by atoms with Crippen molar-refractivity contribution in [2.45, 2.75) is 31.6 Å². The number of hydrogen-bond donors (Lipinski definition) is 2. The molecule has 0 bridgehead atoms. The Morgan fingerprint density at radius 2 is 2.17 bits per heavy atom. The molecule has 0 heterocycles. The van der Waals surface area contributed by atoms with E-state index in [1.165, 1.54) is 12.7 Å². The zero-order valence-corrected chi connectivity index (χ0v) is 14.4. The van der Waals surface area contributed by atoms with Gasteiger partial charge in [-0.25, -0.2) is 0 Å². The van der Waals surface area contributed by atoms with Crippen LogP contribution in [-0.2, 0) is 14.9 Å². The Labute approximate surface area is 142 Å². The average molecular weight is 338 g/mol. The van der Waals surface area contributed by atoms with E-state index in [4.69, 9.17) is 11.6 Å². The highest BCUT2D eigenvalue weighted by molar-refractivity contribution is 6.30. The lowest BCUT2D eigenvalue weighted by Crippen LogP contribution is -2.39. The summed E-state index contributed by atoms with van der Waals surface area (Å²) in [7, 11) is 1.39. The Balaban J connectivity index is 1.95. The molecular weight excluding hydrogens is 314 g/mol. The van der Waals surface area contributed by atoms with Crippen molar-refractivity contribution >= 4 is 23.5 Å². The first kappa shape index (κ1) is 17.6. The van der Waals surface area contributed by atoms with Gasteiger partial charge in [0, 0.05) is 23.5 Å². The highest BCUT2D eigenvalue weighted by atomic mass is 35.5. The zero-order valence-electron chi connectivity index (χ0n) is 13.7. The maximum atomic E-state index is 11.2. The second-order valence-corrected chi connectivity index (χ2v) is 6.18. The molecule has 1 aliphatic carbocycles. The van der Waals surface area contributed by atoms with Gasteiger partial charge in [0.15, 0.2) is 5.96 Å². The van der Waals surface area contributed by atoms with E-state index in [0.29, 0.717) is 19.5 Å². The predicted molar refractivity (Wildman–Crippen MR) is 93.0 cm³/mol. The quantitative estimate of drug-likeness (QED) is 0.456. The first-order valence-corrected chi connectivity index (χ1v) is 8.32. The third-order valence-corrected chi connectivity index (χ3v) is 4.26. The van der Waals surface area contributed by atoms with E-state index in [9.17, 15) is 4.79 Å². The molecule has 23 heavy (non-hydrogen) atoms. The molecule has 0 radical (unpaired) electrons. The van der Waals surface area contributed by atoms with Gasteiger partial charge < -0.3 is 15.4 Å². The molecule has 0 unspecified atom stereocenters. The lowest BCUT2D eigenvalue weighted by atomic mass is 9.96. The third-order valence-electron chi connectivity index (χ3n) is 4.02. The van der Waals surface area contributed by atoms with Gasteiger partial charge in [0.25, 0.3) is 0 Å². The Kier molecular flexibility index (Phi) is 6.28. The smallest absolute Gasteiger partial charge is 0.307 e. The number of guanidine groups is 1. The lowest BCUT2D eigenvalue weighted by Gasteiger charge is -2.16. The van der Waals surface area contributed by atoms with Crippen LogP contribution in [0.3, 0.4) is 0 Å². The Bertz CT molecular complexity index is 571. The van der Waals surface area contributed by atoms with Crippen LogP contribution >= 0.6 is 11.6 Å². The summed E-state index contributed by atoms with van der Waals surface area (Å²) in [4.78, 5) is 15.8. The minimum absolute atomic E-state index is 0.107. The summed E-state index contributed by atoms with van der Waals surface area (Å²) < 4.78 is 4.63. The summed E-state index contributed by atoms with van der Waals surface area (Å²) in [5.41, 5.74) is 1.36. The molecule has 126 valence electrons. The van der Waals surface area contributed by atoms with E-state index in [-0.39, 0.29) is 11.4 Å². The van der Waals surface area contributed by atoms with Crippen LogP contribution in [0.5, 0.6) is 0 Å². The van der Waals surface area contributed by atoms with Gasteiger partial charge in [0.05, 0.1) is 20.1 Å². The molecule has 0 aliphatic heterocycles. The van der Waals surface area contributed by atoms with Crippen molar-refractivity contribution in [2.75, 3.05) is 26.7 Å². The van der Waals surface area contributed by atoms with Crippen LogP contribution in [0.4, 0.5) is 0 Å². The Hall–Kier alpha value is -1.75. The minimum Gasteiger partial charge on any atom is -0.469 e. The van der Waals surface area contributed by atoms with Gasteiger partial charge in [0.1, 0.15) is 0 Å². The SMILES string of the molecule is CCNC(=NCC1(c2cccc(Cl)c2)CC1)NCCC(=O)OC. The minimum atomic E-state index is -0.231. The molecule has 5 nitrogen and oxygen atoms in total. The zero-order chi connectivity index (χ0) is 16.7. The van der Waals surface area contributed by atoms with E-state index in [0.717, 1.165) is 30.4 Å². The number of ether oxygens (including phenoxy) is 1. The van der Waals surface area contributed by atoms with Gasteiger partial charge in [-0.3, -0.25) is 9.79 Å². The fraction of sp³-hybridized carbons (Fsp3) is 0.529. The second-order valence-electron chi connectivity index (χ2n) is 5.74. The van der Waals surface area contributed by atoms with Crippen molar-refractivity contribution < 1.29 is 9.53 Å². The summed E-state index contributed by atoms with van der Waals surface area (Å²) in [6.45, 7) is 4.00. The molecule has 0 aromatic heterocycles. The number of rotatable bonds is 7. The Morgan fingerprint density at radius 1 is 1.39 bits per heavy atom. The number of benzene rings is 1. The molecule has 1 aromatic rings. The average Bonchev–Trinajstić information content (AvgIpc) is 3.33. The monoisotopic (exact) mass is 337 g/mol. The molecule has 2 rings (SSSR count). The number of carbonyl (C=O) groups is 1. The van der Waals surface area contributed by atoms with Gasteiger partial charge in [-0.15, -0.1) is 0 Å². The van der Waals surface area contributed by atoms with Crippen molar-refractivity contribution in [1.29, 1.82) is 0 Å². The fourth-order valence-corrected chi connectivity index (χ4v) is 2.65. The maximum Gasteiger partial charge on any atom is 0.307 e. The molecule has 0 saturated heterocycles.